The first kappa shape index (κ1) is 19.1. The van der Waals surface area contributed by atoms with Crippen LogP contribution in [0.1, 0.15) is 0 Å². The number of hydrogen-bond acceptors (Lipinski definition) is 6. The Hall–Kier alpha value is -2.72. The second kappa shape index (κ2) is 7.49. The molecule has 144 valence electrons. The van der Waals surface area contributed by atoms with Crippen molar-refractivity contribution in [3.8, 4) is 0 Å². The number of nitrogens with one attached hydrogen (secondary N) is 1. The van der Waals surface area contributed by atoms with Gasteiger partial charge < -0.3 is 9.80 Å². The predicted molar refractivity (Wildman–Crippen MR) is 100 cm³/mol. The summed E-state index contributed by atoms with van der Waals surface area (Å²) in [7, 11) is -2.16. The standard InChI is InChI=1S/C17H19FN4O4S/c1-20-7-9-21(10-8-20)14-5-6-17(22(23)24)16(12-14)19-27(25,26)15-4-2-3-13(18)11-15/h2-6,11-12,19H,7-10H2,1H3. The van der Waals surface area contributed by atoms with Crippen molar-refractivity contribution < 1.29 is 17.7 Å². The van der Waals surface area contributed by atoms with Crippen LogP contribution in [0.15, 0.2) is 47.4 Å². The molecule has 10 heteroatoms. The number of piperazine rings is 1. The summed E-state index contributed by atoms with van der Waals surface area (Å²) in [5, 5.41) is 11.3. The zero-order chi connectivity index (χ0) is 19.6. The lowest BCUT2D eigenvalue weighted by Crippen LogP contribution is -2.44. The molecule has 0 amide bonds. The number of rotatable bonds is 5. The fourth-order valence-corrected chi connectivity index (χ4v) is 3.96. The van der Waals surface area contributed by atoms with Gasteiger partial charge in [0.2, 0.25) is 0 Å². The number of nitrogens with zero attached hydrogens (tertiary/aromatic N) is 3. The summed E-state index contributed by atoms with van der Waals surface area (Å²) in [4.78, 5) is 14.6. The van der Waals surface area contributed by atoms with Crippen LogP contribution in [0.4, 0.5) is 21.5 Å². The SMILES string of the molecule is CN1CCN(c2ccc([N+](=O)[O-])c(NS(=O)(=O)c3cccc(F)c3)c2)CC1. The van der Waals surface area contributed by atoms with Gasteiger partial charge in [-0.15, -0.1) is 0 Å². The van der Waals surface area contributed by atoms with Crippen LogP contribution in [-0.2, 0) is 10.0 Å². The largest absolute Gasteiger partial charge is 0.369 e. The van der Waals surface area contributed by atoms with Crippen LogP contribution in [0, 0.1) is 15.9 Å². The average Bonchev–Trinajstić information content (AvgIpc) is 2.62. The van der Waals surface area contributed by atoms with Crippen molar-refractivity contribution in [2.75, 3.05) is 42.8 Å². The maximum atomic E-state index is 13.4. The molecule has 1 aliphatic heterocycles. The Morgan fingerprint density at radius 1 is 1.11 bits per heavy atom. The Morgan fingerprint density at radius 2 is 1.81 bits per heavy atom. The molecule has 0 radical (unpaired) electrons. The quantitative estimate of drug-likeness (QED) is 0.617. The second-order valence-corrected chi connectivity index (χ2v) is 7.99. The van der Waals surface area contributed by atoms with Gasteiger partial charge in [0.25, 0.3) is 15.7 Å². The predicted octanol–water partition coefficient (Wildman–Crippen LogP) is 2.29. The highest BCUT2D eigenvalue weighted by Crippen LogP contribution is 2.32. The third-order valence-electron chi connectivity index (χ3n) is 4.40. The van der Waals surface area contributed by atoms with Gasteiger partial charge in [-0.1, -0.05) is 6.07 Å². The minimum Gasteiger partial charge on any atom is -0.369 e. The van der Waals surface area contributed by atoms with E-state index < -0.39 is 20.8 Å². The minimum absolute atomic E-state index is 0.152. The summed E-state index contributed by atoms with van der Waals surface area (Å²) in [6, 6.07) is 8.79. The summed E-state index contributed by atoms with van der Waals surface area (Å²) < 4.78 is 40.7. The van der Waals surface area contributed by atoms with Crippen LogP contribution >= 0.6 is 0 Å². The third kappa shape index (κ3) is 4.34. The number of anilines is 2. The van der Waals surface area contributed by atoms with Gasteiger partial charge in [-0.25, -0.2) is 12.8 Å². The lowest BCUT2D eigenvalue weighted by Gasteiger charge is -2.34. The third-order valence-corrected chi connectivity index (χ3v) is 5.76. The molecule has 1 N–H and O–H groups in total. The van der Waals surface area contributed by atoms with Crippen molar-refractivity contribution in [3.05, 3.63) is 58.4 Å². The van der Waals surface area contributed by atoms with Crippen LogP contribution < -0.4 is 9.62 Å². The number of hydrogen-bond donors (Lipinski definition) is 1. The molecule has 3 rings (SSSR count). The Balaban J connectivity index is 1.95. The molecule has 1 saturated heterocycles. The van der Waals surface area contributed by atoms with Crippen molar-refractivity contribution in [2.45, 2.75) is 4.90 Å². The smallest absolute Gasteiger partial charge is 0.293 e. The second-order valence-electron chi connectivity index (χ2n) is 6.31. The van der Waals surface area contributed by atoms with Crippen LogP contribution in [-0.4, -0.2) is 51.5 Å². The molecule has 0 aromatic heterocycles. The number of likely N-dealkylation sites (N-methyl/N-ethyl adjacent to an activating group) is 1. The Bertz CT molecular complexity index is 959. The zero-order valence-electron chi connectivity index (χ0n) is 14.6. The maximum Gasteiger partial charge on any atom is 0.293 e. The van der Waals surface area contributed by atoms with Gasteiger partial charge in [-0.05, 0) is 37.4 Å². The van der Waals surface area contributed by atoms with Crippen molar-refractivity contribution in [2.24, 2.45) is 0 Å². The summed E-state index contributed by atoms with van der Waals surface area (Å²) in [5.74, 6) is -0.710. The molecule has 2 aromatic carbocycles. The monoisotopic (exact) mass is 394 g/mol. The summed E-state index contributed by atoms with van der Waals surface area (Å²) >= 11 is 0. The van der Waals surface area contributed by atoms with Crippen molar-refractivity contribution in [1.29, 1.82) is 0 Å². The van der Waals surface area contributed by atoms with E-state index in [0.717, 1.165) is 38.3 Å². The highest BCUT2D eigenvalue weighted by atomic mass is 32.2. The topological polar surface area (TPSA) is 95.8 Å². The molecular formula is C17H19FN4O4S. The van der Waals surface area contributed by atoms with E-state index in [1.165, 1.54) is 24.3 Å². The van der Waals surface area contributed by atoms with Gasteiger partial charge in [-0.3, -0.25) is 14.8 Å². The van der Waals surface area contributed by atoms with Gasteiger partial charge in [0.15, 0.2) is 0 Å². The van der Waals surface area contributed by atoms with E-state index in [1.807, 2.05) is 11.9 Å². The van der Waals surface area contributed by atoms with E-state index in [1.54, 1.807) is 6.07 Å². The number of halogens is 1. The van der Waals surface area contributed by atoms with Crippen molar-refractivity contribution in [3.63, 3.8) is 0 Å². The van der Waals surface area contributed by atoms with E-state index in [4.69, 9.17) is 0 Å². The fourth-order valence-electron chi connectivity index (χ4n) is 2.86. The molecule has 0 atom stereocenters. The van der Waals surface area contributed by atoms with E-state index in [2.05, 4.69) is 9.62 Å². The van der Waals surface area contributed by atoms with Crippen molar-refractivity contribution >= 4 is 27.1 Å². The number of sulfonamides is 1. The Kier molecular flexibility index (Phi) is 5.29. The van der Waals surface area contributed by atoms with E-state index in [-0.39, 0.29) is 16.3 Å². The van der Waals surface area contributed by atoms with Gasteiger partial charge in [-0.2, -0.15) is 0 Å². The van der Waals surface area contributed by atoms with E-state index in [9.17, 15) is 22.9 Å². The molecule has 0 unspecified atom stereocenters. The van der Waals surface area contributed by atoms with E-state index in [0.29, 0.717) is 5.69 Å². The molecule has 0 aliphatic carbocycles. The van der Waals surface area contributed by atoms with Gasteiger partial charge in [0.05, 0.1) is 9.82 Å². The Morgan fingerprint density at radius 3 is 2.44 bits per heavy atom. The van der Waals surface area contributed by atoms with Gasteiger partial charge >= 0.3 is 0 Å². The summed E-state index contributed by atoms with van der Waals surface area (Å²) in [5.41, 5.74) is 0.166. The molecule has 0 bridgehead atoms. The average molecular weight is 394 g/mol. The lowest BCUT2D eigenvalue weighted by molar-refractivity contribution is -0.383. The van der Waals surface area contributed by atoms with Gasteiger partial charge in [0, 0.05) is 37.9 Å². The van der Waals surface area contributed by atoms with Crippen LogP contribution in [0.25, 0.3) is 0 Å². The molecular weight excluding hydrogens is 375 g/mol. The lowest BCUT2D eigenvalue weighted by atomic mass is 10.2. The minimum atomic E-state index is -4.17. The molecule has 2 aromatic rings. The zero-order valence-corrected chi connectivity index (χ0v) is 15.4. The molecule has 1 fully saturated rings. The van der Waals surface area contributed by atoms with Crippen LogP contribution in [0.3, 0.4) is 0 Å². The number of nitro groups is 1. The molecule has 8 nitrogen and oxygen atoms in total. The molecule has 1 aliphatic rings. The highest BCUT2D eigenvalue weighted by molar-refractivity contribution is 7.92. The maximum absolute atomic E-state index is 13.4. The summed E-state index contributed by atoms with van der Waals surface area (Å²) in [6.07, 6.45) is 0. The molecule has 0 saturated carbocycles. The number of nitro benzene ring substituents is 1. The van der Waals surface area contributed by atoms with Crippen LogP contribution in [0.2, 0.25) is 0 Å². The molecule has 27 heavy (non-hydrogen) atoms. The first-order chi connectivity index (χ1) is 12.8. The highest BCUT2D eigenvalue weighted by Gasteiger charge is 2.23. The Labute approximate surface area is 156 Å². The summed E-state index contributed by atoms with van der Waals surface area (Å²) in [6.45, 7) is 3.12. The van der Waals surface area contributed by atoms with E-state index >= 15 is 0 Å². The normalized spacial score (nSPS) is 15.6. The first-order valence-corrected chi connectivity index (χ1v) is 9.75. The fraction of sp³-hybridized carbons (Fsp3) is 0.294. The molecule has 0 spiro atoms. The number of benzene rings is 2. The first-order valence-electron chi connectivity index (χ1n) is 8.26. The van der Waals surface area contributed by atoms with Crippen molar-refractivity contribution in [1.82, 2.24) is 4.90 Å². The van der Waals surface area contributed by atoms with Crippen LogP contribution in [0.5, 0.6) is 0 Å². The molecule has 1 heterocycles. The van der Waals surface area contributed by atoms with Gasteiger partial charge in [0.1, 0.15) is 11.5 Å².